The summed E-state index contributed by atoms with van der Waals surface area (Å²) in [6.45, 7) is 6.93. The van der Waals surface area contributed by atoms with E-state index in [1.807, 2.05) is 32.0 Å². The number of carbonyl (C=O) groups excluding carboxylic acids is 1. The molecule has 1 heterocycles. The summed E-state index contributed by atoms with van der Waals surface area (Å²) in [6.07, 6.45) is 1.84. The summed E-state index contributed by atoms with van der Waals surface area (Å²) in [5.74, 6) is -0.191. The van der Waals surface area contributed by atoms with Crippen molar-refractivity contribution >= 4 is 5.97 Å². The fraction of sp³-hybridized carbons (Fsp3) is 0.381. The normalized spacial score (nSPS) is 16.1. The van der Waals surface area contributed by atoms with Gasteiger partial charge >= 0.3 is 5.97 Å². The Bertz CT molecular complexity index is 668. The summed E-state index contributed by atoms with van der Waals surface area (Å²) >= 11 is 0. The quantitative estimate of drug-likeness (QED) is 0.793. The second kappa shape index (κ2) is 7.63. The number of aryl methyl sites for hydroxylation is 2. The van der Waals surface area contributed by atoms with Crippen molar-refractivity contribution in [1.82, 2.24) is 4.90 Å². The summed E-state index contributed by atoms with van der Waals surface area (Å²) in [6, 6.07) is 16.4. The number of esters is 1. The molecule has 0 aromatic heterocycles. The lowest BCUT2D eigenvalue weighted by molar-refractivity contribution is 0.0104. The molecule has 0 radical (unpaired) electrons. The Morgan fingerprint density at radius 2 is 1.67 bits per heavy atom. The fourth-order valence-corrected chi connectivity index (χ4v) is 3.34. The average molecular weight is 323 g/mol. The highest BCUT2D eigenvalue weighted by Gasteiger charge is 2.23. The maximum Gasteiger partial charge on any atom is 0.338 e. The molecule has 2 aromatic rings. The number of hydrogen-bond acceptors (Lipinski definition) is 3. The van der Waals surface area contributed by atoms with Gasteiger partial charge in [0, 0.05) is 19.6 Å². The van der Waals surface area contributed by atoms with Crippen molar-refractivity contribution in [3.8, 4) is 0 Å². The van der Waals surface area contributed by atoms with E-state index in [1.54, 1.807) is 0 Å². The summed E-state index contributed by atoms with van der Waals surface area (Å²) in [5.41, 5.74) is 4.20. The van der Waals surface area contributed by atoms with E-state index in [2.05, 4.69) is 35.2 Å². The van der Waals surface area contributed by atoms with Gasteiger partial charge in [0.2, 0.25) is 0 Å². The number of rotatable bonds is 4. The van der Waals surface area contributed by atoms with Crippen LogP contribution in [0.4, 0.5) is 0 Å². The molecule has 126 valence electrons. The summed E-state index contributed by atoms with van der Waals surface area (Å²) in [5, 5.41) is 0. The Balaban J connectivity index is 1.51. The first-order valence-electron chi connectivity index (χ1n) is 8.66. The van der Waals surface area contributed by atoms with Crippen LogP contribution in [0.25, 0.3) is 0 Å². The monoisotopic (exact) mass is 323 g/mol. The molecule has 0 saturated carbocycles. The molecule has 1 fully saturated rings. The van der Waals surface area contributed by atoms with Crippen molar-refractivity contribution in [2.45, 2.75) is 39.3 Å². The topological polar surface area (TPSA) is 29.5 Å². The van der Waals surface area contributed by atoms with Gasteiger partial charge in [-0.05, 0) is 44.4 Å². The van der Waals surface area contributed by atoms with Crippen LogP contribution in [0.2, 0.25) is 0 Å². The molecule has 0 N–H and O–H groups in total. The zero-order valence-corrected chi connectivity index (χ0v) is 14.5. The van der Waals surface area contributed by atoms with Gasteiger partial charge in [0.25, 0.3) is 0 Å². The Kier molecular flexibility index (Phi) is 5.31. The lowest BCUT2D eigenvalue weighted by Gasteiger charge is -2.31. The van der Waals surface area contributed by atoms with Crippen molar-refractivity contribution in [3.63, 3.8) is 0 Å². The highest BCUT2D eigenvalue weighted by Crippen LogP contribution is 2.18. The van der Waals surface area contributed by atoms with Crippen molar-refractivity contribution in [2.75, 3.05) is 13.1 Å². The predicted molar refractivity (Wildman–Crippen MR) is 96.1 cm³/mol. The summed E-state index contributed by atoms with van der Waals surface area (Å²) in [7, 11) is 0. The van der Waals surface area contributed by atoms with E-state index in [0.29, 0.717) is 5.56 Å². The molecule has 2 aromatic carbocycles. The number of carbonyl (C=O) groups is 1. The van der Waals surface area contributed by atoms with Gasteiger partial charge in [-0.25, -0.2) is 4.79 Å². The number of hydrogen-bond donors (Lipinski definition) is 0. The first-order valence-corrected chi connectivity index (χ1v) is 8.66. The summed E-state index contributed by atoms with van der Waals surface area (Å²) < 4.78 is 5.72. The Morgan fingerprint density at radius 3 is 2.29 bits per heavy atom. The van der Waals surface area contributed by atoms with Crippen LogP contribution < -0.4 is 0 Å². The van der Waals surface area contributed by atoms with E-state index in [9.17, 15) is 4.79 Å². The third-order valence-electron chi connectivity index (χ3n) is 4.51. The lowest BCUT2D eigenvalue weighted by Crippen LogP contribution is -2.37. The maximum atomic E-state index is 12.4. The highest BCUT2D eigenvalue weighted by atomic mass is 16.5. The van der Waals surface area contributed by atoms with Crippen LogP contribution in [0.1, 0.15) is 39.9 Å². The van der Waals surface area contributed by atoms with E-state index >= 15 is 0 Å². The van der Waals surface area contributed by atoms with E-state index < -0.39 is 0 Å². The second-order valence-corrected chi connectivity index (χ2v) is 6.74. The van der Waals surface area contributed by atoms with Crippen molar-refractivity contribution in [1.29, 1.82) is 0 Å². The van der Waals surface area contributed by atoms with E-state index in [-0.39, 0.29) is 12.1 Å². The molecule has 1 saturated heterocycles. The van der Waals surface area contributed by atoms with Gasteiger partial charge < -0.3 is 4.74 Å². The van der Waals surface area contributed by atoms with Gasteiger partial charge in [0.05, 0.1) is 5.56 Å². The van der Waals surface area contributed by atoms with Crippen LogP contribution in [0.5, 0.6) is 0 Å². The Hall–Kier alpha value is -2.13. The molecular formula is C21H25NO2. The van der Waals surface area contributed by atoms with E-state index in [4.69, 9.17) is 4.74 Å². The molecule has 0 bridgehead atoms. The summed E-state index contributed by atoms with van der Waals surface area (Å²) in [4.78, 5) is 14.8. The minimum absolute atomic E-state index is 0.0327. The zero-order valence-electron chi connectivity index (χ0n) is 14.5. The first-order chi connectivity index (χ1) is 11.6. The Labute approximate surface area is 144 Å². The standard InChI is InChI=1S/C21H25NO2/c1-16-12-17(2)14-19(13-16)21(23)24-20-8-10-22(11-9-20)15-18-6-4-3-5-7-18/h3-7,12-14,20H,8-11,15H2,1-2H3. The fourth-order valence-electron chi connectivity index (χ4n) is 3.34. The number of likely N-dealkylation sites (tertiary alicyclic amines) is 1. The third kappa shape index (κ3) is 4.45. The van der Waals surface area contributed by atoms with Crippen LogP contribution in [0.3, 0.4) is 0 Å². The molecule has 1 aliphatic rings. The van der Waals surface area contributed by atoms with Crippen molar-refractivity contribution in [3.05, 3.63) is 70.8 Å². The van der Waals surface area contributed by atoms with Crippen molar-refractivity contribution in [2.24, 2.45) is 0 Å². The number of piperidine rings is 1. The lowest BCUT2D eigenvalue weighted by atomic mass is 10.1. The largest absolute Gasteiger partial charge is 0.459 e. The number of benzene rings is 2. The molecule has 0 unspecified atom stereocenters. The van der Waals surface area contributed by atoms with Crippen LogP contribution in [-0.2, 0) is 11.3 Å². The van der Waals surface area contributed by atoms with Gasteiger partial charge in [0.1, 0.15) is 6.10 Å². The minimum atomic E-state index is -0.191. The second-order valence-electron chi connectivity index (χ2n) is 6.74. The van der Waals surface area contributed by atoms with Crippen LogP contribution in [0, 0.1) is 13.8 Å². The molecule has 3 heteroatoms. The molecule has 24 heavy (non-hydrogen) atoms. The molecule has 0 atom stereocenters. The Morgan fingerprint density at radius 1 is 1.04 bits per heavy atom. The molecule has 0 amide bonds. The molecular weight excluding hydrogens is 298 g/mol. The number of nitrogens with zero attached hydrogens (tertiary/aromatic N) is 1. The van der Waals surface area contributed by atoms with Gasteiger partial charge in [0.15, 0.2) is 0 Å². The molecule has 3 rings (SSSR count). The first kappa shape index (κ1) is 16.7. The van der Waals surface area contributed by atoms with Crippen LogP contribution in [-0.4, -0.2) is 30.1 Å². The van der Waals surface area contributed by atoms with Gasteiger partial charge in [-0.15, -0.1) is 0 Å². The molecule has 0 spiro atoms. The SMILES string of the molecule is Cc1cc(C)cc(C(=O)OC2CCN(Cc3ccccc3)CC2)c1. The molecule has 3 nitrogen and oxygen atoms in total. The smallest absolute Gasteiger partial charge is 0.338 e. The number of ether oxygens (including phenoxy) is 1. The molecule has 0 aliphatic carbocycles. The highest BCUT2D eigenvalue weighted by molar-refractivity contribution is 5.90. The van der Waals surface area contributed by atoms with Crippen molar-refractivity contribution < 1.29 is 9.53 Å². The van der Waals surface area contributed by atoms with E-state index in [0.717, 1.165) is 43.6 Å². The van der Waals surface area contributed by atoms with Gasteiger partial charge in [-0.3, -0.25) is 4.90 Å². The third-order valence-corrected chi connectivity index (χ3v) is 4.51. The van der Waals surface area contributed by atoms with Crippen LogP contribution in [0.15, 0.2) is 48.5 Å². The van der Waals surface area contributed by atoms with Gasteiger partial charge in [-0.1, -0.05) is 47.5 Å². The minimum Gasteiger partial charge on any atom is -0.459 e. The molecule has 1 aliphatic heterocycles. The average Bonchev–Trinajstić information content (AvgIpc) is 2.57. The zero-order chi connectivity index (χ0) is 16.9. The predicted octanol–water partition coefficient (Wildman–Crippen LogP) is 4.12. The maximum absolute atomic E-state index is 12.4. The van der Waals surface area contributed by atoms with Gasteiger partial charge in [-0.2, -0.15) is 0 Å². The van der Waals surface area contributed by atoms with E-state index in [1.165, 1.54) is 5.56 Å². The van der Waals surface area contributed by atoms with Crippen LogP contribution >= 0.6 is 0 Å².